The number of aromatic nitrogens is 2. The van der Waals surface area contributed by atoms with E-state index in [0.717, 1.165) is 22.3 Å². The van der Waals surface area contributed by atoms with Gasteiger partial charge in [-0.25, -0.2) is 0 Å². The van der Waals surface area contributed by atoms with Gasteiger partial charge in [0.15, 0.2) is 0 Å². The predicted octanol–water partition coefficient (Wildman–Crippen LogP) is 4.46. The van der Waals surface area contributed by atoms with Crippen molar-refractivity contribution in [3.05, 3.63) is 39.3 Å². The van der Waals surface area contributed by atoms with Crippen LogP contribution in [0.4, 0.5) is 5.13 Å². The lowest BCUT2D eigenvalue weighted by molar-refractivity contribution is 0.102. The Morgan fingerprint density at radius 1 is 1.30 bits per heavy atom. The number of benzene rings is 1. The summed E-state index contributed by atoms with van der Waals surface area (Å²) in [6.45, 7) is 4.27. The normalized spacial score (nSPS) is 10.8. The molecule has 0 aliphatic heterocycles. The van der Waals surface area contributed by atoms with E-state index < -0.39 is 0 Å². The summed E-state index contributed by atoms with van der Waals surface area (Å²) in [5, 5.41) is 12.5. The highest BCUT2D eigenvalue weighted by atomic mass is 79.9. The lowest BCUT2D eigenvalue weighted by atomic mass is 10.1. The van der Waals surface area contributed by atoms with Crippen molar-refractivity contribution in [2.24, 2.45) is 0 Å². The van der Waals surface area contributed by atoms with Crippen LogP contribution >= 0.6 is 27.3 Å². The fraction of sp³-hybridized carbons (Fsp3) is 0.357. The van der Waals surface area contributed by atoms with Gasteiger partial charge in [-0.05, 0) is 40.9 Å². The van der Waals surface area contributed by atoms with Gasteiger partial charge in [0.2, 0.25) is 5.13 Å². The van der Waals surface area contributed by atoms with Gasteiger partial charge in [0.25, 0.3) is 5.91 Å². The average Bonchev–Trinajstić information content (AvgIpc) is 2.89. The van der Waals surface area contributed by atoms with Crippen LogP contribution in [-0.4, -0.2) is 16.1 Å². The number of anilines is 1. The molecule has 20 heavy (non-hydrogen) atoms. The van der Waals surface area contributed by atoms with Crippen LogP contribution in [0.3, 0.4) is 0 Å². The molecule has 2 aromatic rings. The summed E-state index contributed by atoms with van der Waals surface area (Å²) in [6, 6.07) is 7.30. The van der Waals surface area contributed by atoms with Gasteiger partial charge >= 0.3 is 0 Å². The molecule has 0 spiro atoms. The first-order valence-electron chi connectivity index (χ1n) is 6.55. The van der Waals surface area contributed by atoms with Crippen molar-refractivity contribution < 1.29 is 4.79 Å². The number of hydrogen-bond acceptors (Lipinski definition) is 4. The topological polar surface area (TPSA) is 54.9 Å². The van der Waals surface area contributed by atoms with Crippen LogP contribution in [0.2, 0.25) is 0 Å². The molecule has 106 valence electrons. The number of rotatable bonds is 5. The van der Waals surface area contributed by atoms with E-state index in [2.05, 4.69) is 45.3 Å². The Labute approximate surface area is 130 Å². The smallest absolute Gasteiger partial charge is 0.258 e. The van der Waals surface area contributed by atoms with Gasteiger partial charge < -0.3 is 0 Å². The van der Waals surface area contributed by atoms with E-state index >= 15 is 0 Å². The van der Waals surface area contributed by atoms with Gasteiger partial charge in [0, 0.05) is 10.4 Å². The number of nitrogens with zero attached hydrogens (tertiary/aromatic N) is 2. The van der Waals surface area contributed by atoms with E-state index in [1.807, 2.05) is 18.2 Å². The summed E-state index contributed by atoms with van der Waals surface area (Å²) < 4.78 is 0.766. The lowest BCUT2D eigenvalue weighted by Crippen LogP contribution is -2.12. The third-order valence-corrected chi connectivity index (χ3v) is 4.81. The SMILES string of the molecule is CCC(CC)c1nnc(NC(=O)c2ccccc2Br)s1. The second kappa shape index (κ2) is 6.95. The molecule has 0 bridgehead atoms. The highest BCUT2D eigenvalue weighted by molar-refractivity contribution is 9.10. The Bertz CT molecular complexity index is 596. The molecule has 0 atom stereocenters. The highest BCUT2D eigenvalue weighted by Gasteiger charge is 2.16. The van der Waals surface area contributed by atoms with Crippen LogP contribution in [0.5, 0.6) is 0 Å². The maximum Gasteiger partial charge on any atom is 0.258 e. The number of amides is 1. The second-order valence-electron chi connectivity index (χ2n) is 4.39. The van der Waals surface area contributed by atoms with Crippen molar-refractivity contribution in [1.82, 2.24) is 10.2 Å². The number of halogens is 1. The number of nitrogens with one attached hydrogen (secondary N) is 1. The zero-order chi connectivity index (χ0) is 14.5. The Hall–Kier alpha value is -1.27. The van der Waals surface area contributed by atoms with Crippen LogP contribution < -0.4 is 5.32 Å². The molecule has 1 aromatic carbocycles. The van der Waals surface area contributed by atoms with E-state index in [4.69, 9.17) is 0 Å². The molecule has 0 radical (unpaired) electrons. The molecule has 4 nitrogen and oxygen atoms in total. The molecule has 0 unspecified atom stereocenters. The van der Waals surface area contributed by atoms with Crippen molar-refractivity contribution in [1.29, 1.82) is 0 Å². The molecule has 0 saturated carbocycles. The zero-order valence-electron chi connectivity index (χ0n) is 11.4. The fourth-order valence-electron chi connectivity index (χ4n) is 1.90. The van der Waals surface area contributed by atoms with Gasteiger partial charge in [-0.3, -0.25) is 10.1 Å². The van der Waals surface area contributed by atoms with Crippen LogP contribution in [0.15, 0.2) is 28.7 Å². The summed E-state index contributed by atoms with van der Waals surface area (Å²) >= 11 is 4.82. The highest BCUT2D eigenvalue weighted by Crippen LogP contribution is 2.28. The quantitative estimate of drug-likeness (QED) is 0.863. The summed E-state index contributed by atoms with van der Waals surface area (Å²) in [4.78, 5) is 12.2. The van der Waals surface area contributed by atoms with Gasteiger partial charge in [0.1, 0.15) is 5.01 Å². The molecule has 2 rings (SSSR count). The molecule has 0 saturated heterocycles. The Kier molecular flexibility index (Phi) is 5.25. The number of hydrogen-bond donors (Lipinski definition) is 1. The standard InChI is InChI=1S/C14H16BrN3OS/c1-3-9(4-2)13-17-18-14(20-13)16-12(19)10-7-5-6-8-11(10)15/h5-9H,3-4H2,1-2H3,(H,16,18,19). The van der Waals surface area contributed by atoms with E-state index in [9.17, 15) is 4.79 Å². The van der Waals surface area contributed by atoms with Crippen molar-refractivity contribution in [3.63, 3.8) is 0 Å². The van der Waals surface area contributed by atoms with Gasteiger partial charge in [-0.2, -0.15) is 0 Å². The van der Waals surface area contributed by atoms with Crippen molar-refractivity contribution in [3.8, 4) is 0 Å². The van der Waals surface area contributed by atoms with Gasteiger partial charge in [0.05, 0.1) is 5.56 Å². The second-order valence-corrected chi connectivity index (χ2v) is 6.26. The Morgan fingerprint density at radius 2 is 2.00 bits per heavy atom. The molecule has 1 N–H and O–H groups in total. The summed E-state index contributed by atoms with van der Waals surface area (Å²) in [5.41, 5.74) is 0.590. The third-order valence-electron chi connectivity index (χ3n) is 3.11. The molecule has 0 fully saturated rings. The Balaban J connectivity index is 2.11. The fourth-order valence-corrected chi connectivity index (χ4v) is 3.37. The van der Waals surface area contributed by atoms with E-state index in [1.165, 1.54) is 11.3 Å². The molecular weight excluding hydrogens is 338 g/mol. The third kappa shape index (κ3) is 3.43. The molecular formula is C14H16BrN3OS. The molecule has 0 aliphatic carbocycles. The largest absolute Gasteiger partial charge is 0.296 e. The number of carbonyl (C=O) groups excluding carboxylic acids is 1. The minimum Gasteiger partial charge on any atom is -0.296 e. The van der Waals surface area contributed by atoms with Crippen LogP contribution in [0.25, 0.3) is 0 Å². The number of carbonyl (C=O) groups is 1. The zero-order valence-corrected chi connectivity index (χ0v) is 13.8. The summed E-state index contributed by atoms with van der Waals surface area (Å²) in [5.74, 6) is 0.242. The summed E-state index contributed by atoms with van der Waals surface area (Å²) in [7, 11) is 0. The van der Waals surface area contributed by atoms with E-state index in [0.29, 0.717) is 16.6 Å². The first kappa shape index (κ1) is 15.1. The van der Waals surface area contributed by atoms with Crippen molar-refractivity contribution in [2.75, 3.05) is 5.32 Å². The van der Waals surface area contributed by atoms with Crippen LogP contribution in [-0.2, 0) is 0 Å². The molecule has 1 aromatic heterocycles. The van der Waals surface area contributed by atoms with Crippen molar-refractivity contribution in [2.45, 2.75) is 32.6 Å². The monoisotopic (exact) mass is 353 g/mol. The average molecular weight is 354 g/mol. The Morgan fingerprint density at radius 3 is 2.65 bits per heavy atom. The molecule has 0 aliphatic rings. The molecule has 6 heteroatoms. The van der Waals surface area contributed by atoms with Gasteiger partial charge in [-0.15, -0.1) is 10.2 Å². The van der Waals surface area contributed by atoms with Crippen LogP contribution in [0, 0.1) is 0 Å². The molecule has 1 amide bonds. The maximum atomic E-state index is 12.2. The van der Waals surface area contributed by atoms with Crippen molar-refractivity contribution >= 4 is 38.3 Å². The van der Waals surface area contributed by atoms with E-state index in [-0.39, 0.29) is 5.91 Å². The first-order valence-corrected chi connectivity index (χ1v) is 8.15. The lowest BCUT2D eigenvalue weighted by Gasteiger charge is -2.06. The first-order chi connectivity index (χ1) is 9.65. The van der Waals surface area contributed by atoms with Crippen LogP contribution in [0.1, 0.15) is 48.0 Å². The maximum absolute atomic E-state index is 12.2. The predicted molar refractivity (Wildman–Crippen MR) is 85.3 cm³/mol. The molecule has 1 heterocycles. The minimum atomic E-state index is -0.176. The van der Waals surface area contributed by atoms with E-state index in [1.54, 1.807) is 6.07 Å². The summed E-state index contributed by atoms with van der Waals surface area (Å²) in [6.07, 6.45) is 2.06. The van der Waals surface area contributed by atoms with Gasteiger partial charge in [-0.1, -0.05) is 37.3 Å². The minimum absolute atomic E-state index is 0.176.